The standard InChI is InChI=1S/C42H43N3O7/c1-42(40(47)48,25-27-13-16-31(17-14-27)43-41(49)52-26-28-9-5-3-6-10-28)44-39(46)30-15-19-33-35(23-30)45-21-22-51-36-24-32(50-2)18-20-34(36)38(45)37(33)29-11-7-4-8-12-29/h3,5-6,9-10,13-20,23-24,29H,4,7-8,11-12,21-22,25-26H2,1-2H3,(H,43,49)(H,44,46)(H,47,48)/t42-/m0/s1. The lowest BCUT2D eigenvalue weighted by molar-refractivity contribution is -0.143. The van der Waals surface area contributed by atoms with Crippen LogP contribution in [0.5, 0.6) is 11.5 Å². The lowest BCUT2D eigenvalue weighted by Crippen LogP contribution is -2.53. The largest absolute Gasteiger partial charge is 0.497 e. The molecule has 0 spiro atoms. The highest BCUT2D eigenvalue weighted by atomic mass is 16.5. The number of hydrogen-bond acceptors (Lipinski definition) is 6. The monoisotopic (exact) mass is 701 g/mol. The lowest BCUT2D eigenvalue weighted by Gasteiger charge is -2.26. The van der Waals surface area contributed by atoms with Gasteiger partial charge in [-0.1, -0.05) is 67.8 Å². The molecule has 7 rings (SSSR count). The number of methoxy groups -OCH3 is 1. The van der Waals surface area contributed by atoms with Crippen LogP contribution in [-0.4, -0.2) is 46.9 Å². The van der Waals surface area contributed by atoms with E-state index < -0.39 is 23.5 Å². The third-order valence-corrected chi connectivity index (χ3v) is 10.2. The van der Waals surface area contributed by atoms with E-state index in [0.29, 0.717) is 35.9 Å². The van der Waals surface area contributed by atoms with Crippen LogP contribution in [0, 0.1) is 0 Å². The summed E-state index contributed by atoms with van der Waals surface area (Å²) in [7, 11) is 1.65. The predicted molar refractivity (Wildman–Crippen MR) is 199 cm³/mol. The van der Waals surface area contributed by atoms with Crippen molar-refractivity contribution in [3.05, 3.63) is 113 Å². The van der Waals surface area contributed by atoms with Gasteiger partial charge in [-0.05, 0) is 78.8 Å². The molecule has 2 amide bonds. The molecule has 0 radical (unpaired) electrons. The number of carbonyl (C=O) groups is 3. The third-order valence-electron chi connectivity index (χ3n) is 10.2. The van der Waals surface area contributed by atoms with E-state index in [1.54, 1.807) is 37.4 Å². The van der Waals surface area contributed by atoms with Gasteiger partial charge in [-0.25, -0.2) is 9.59 Å². The smallest absolute Gasteiger partial charge is 0.411 e. The number of aliphatic carboxylic acids is 1. The topological polar surface area (TPSA) is 128 Å². The number of ether oxygens (including phenoxy) is 3. The Morgan fingerprint density at radius 1 is 0.923 bits per heavy atom. The van der Waals surface area contributed by atoms with E-state index in [1.165, 1.54) is 31.7 Å². The summed E-state index contributed by atoms with van der Waals surface area (Å²) in [6.07, 6.45) is 5.23. The molecule has 3 N–H and O–H groups in total. The second-order valence-electron chi connectivity index (χ2n) is 13.8. The molecule has 268 valence electrons. The number of carbonyl (C=O) groups excluding carboxylic acids is 2. The number of anilines is 1. The zero-order valence-electron chi connectivity index (χ0n) is 29.4. The van der Waals surface area contributed by atoms with Gasteiger partial charge in [0.15, 0.2) is 0 Å². The Hall–Kier alpha value is -5.77. The van der Waals surface area contributed by atoms with Crippen molar-refractivity contribution in [1.82, 2.24) is 9.88 Å². The van der Waals surface area contributed by atoms with E-state index in [9.17, 15) is 19.5 Å². The zero-order chi connectivity index (χ0) is 36.2. The fourth-order valence-corrected chi connectivity index (χ4v) is 7.52. The van der Waals surface area contributed by atoms with Crippen molar-refractivity contribution >= 4 is 34.6 Å². The van der Waals surface area contributed by atoms with Gasteiger partial charge in [-0.2, -0.15) is 0 Å². The summed E-state index contributed by atoms with van der Waals surface area (Å²) < 4.78 is 19.3. The van der Waals surface area contributed by atoms with Crippen LogP contribution in [0.4, 0.5) is 10.5 Å². The second kappa shape index (κ2) is 14.8. The summed E-state index contributed by atoms with van der Waals surface area (Å²) in [5.41, 5.74) is 5.16. The molecule has 1 aliphatic carbocycles. The molecule has 1 fully saturated rings. The third kappa shape index (κ3) is 7.19. The van der Waals surface area contributed by atoms with Gasteiger partial charge in [-0.15, -0.1) is 0 Å². The van der Waals surface area contributed by atoms with Crippen molar-refractivity contribution < 1.29 is 33.7 Å². The molecule has 10 nitrogen and oxygen atoms in total. The minimum absolute atomic E-state index is 0.0268. The highest BCUT2D eigenvalue weighted by Crippen LogP contribution is 2.47. The Bertz CT molecular complexity index is 2100. The number of rotatable bonds is 10. The van der Waals surface area contributed by atoms with Gasteiger partial charge in [0.25, 0.3) is 5.91 Å². The van der Waals surface area contributed by atoms with E-state index in [4.69, 9.17) is 14.2 Å². The van der Waals surface area contributed by atoms with Crippen molar-refractivity contribution in [2.45, 2.75) is 70.1 Å². The minimum Gasteiger partial charge on any atom is -0.497 e. The van der Waals surface area contributed by atoms with E-state index in [1.807, 2.05) is 54.6 Å². The first-order valence-electron chi connectivity index (χ1n) is 17.8. The average molecular weight is 702 g/mol. The molecule has 10 heteroatoms. The van der Waals surface area contributed by atoms with Gasteiger partial charge in [-0.3, -0.25) is 10.1 Å². The van der Waals surface area contributed by atoms with Crippen LogP contribution in [0.25, 0.3) is 22.2 Å². The molecule has 0 saturated heterocycles. The number of carboxylic acid groups (broad SMARTS) is 1. The first-order chi connectivity index (χ1) is 25.2. The number of fused-ring (bicyclic) bond motifs is 5. The molecule has 1 atom stereocenters. The summed E-state index contributed by atoms with van der Waals surface area (Å²) in [5, 5.41) is 17.0. The van der Waals surface area contributed by atoms with Crippen LogP contribution >= 0.6 is 0 Å². The van der Waals surface area contributed by atoms with Crippen LogP contribution < -0.4 is 20.1 Å². The SMILES string of the molecule is COc1ccc2c(c1)OCCn1c-2c(C2CCCCC2)c2ccc(C(=O)N[C@@](C)(Cc3ccc(NC(=O)OCc4ccccc4)cc3)C(=O)O)cc21. The molecule has 2 aliphatic rings. The van der Waals surface area contributed by atoms with E-state index in [2.05, 4.69) is 21.3 Å². The molecule has 2 heterocycles. The molecule has 0 unspecified atom stereocenters. The Morgan fingerprint density at radius 3 is 2.42 bits per heavy atom. The minimum atomic E-state index is -1.61. The maximum atomic E-state index is 13.9. The van der Waals surface area contributed by atoms with Crippen molar-refractivity contribution in [2.24, 2.45) is 0 Å². The molecule has 0 bridgehead atoms. The predicted octanol–water partition coefficient (Wildman–Crippen LogP) is 8.32. The van der Waals surface area contributed by atoms with Crippen molar-refractivity contribution in [1.29, 1.82) is 0 Å². The number of hydrogen-bond donors (Lipinski definition) is 3. The van der Waals surface area contributed by atoms with Crippen molar-refractivity contribution in [3.63, 3.8) is 0 Å². The number of nitrogens with one attached hydrogen (secondary N) is 2. The van der Waals surface area contributed by atoms with Crippen LogP contribution in [0.15, 0.2) is 91.0 Å². The molecule has 5 aromatic rings. The Labute approximate surface area is 302 Å². The lowest BCUT2D eigenvalue weighted by atomic mass is 9.81. The average Bonchev–Trinajstić information content (AvgIpc) is 3.36. The quantitative estimate of drug-likeness (QED) is 0.134. The maximum absolute atomic E-state index is 13.9. The molecule has 1 saturated carbocycles. The van der Waals surface area contributed by atoms with Crippen molar-refractivity contribution in [3.8, 4) is 22.8 Å². The number of nitrogens with zero attached hydrogens (tertiary/aromatic N) is 1. The van der Waals surface area contributed by atoms with Crippen LogP contribution in [0.2, 0.25) is 0 Å². The number of aromatic nitrogens is 1. The van der Waals surface area contributed by atoms with Gasteiger partial charge >= 0.3 is 12.1 Å². The molecule has 52 heavy (non-hydrogen) atoms. The van der Waals surface area contributed by atoms with E-state index >= 15 is 0 Å². The summed E-state index contributed by atoms with van der Waals surface area (Å²) >= 11 is 0. The Kier molecular flexibility index (Phi) is 9.89. The van der Waals surface area contributed by atoms with Crippen LogP contribution in [-0.2, 0) is 29.1 Å². The maximum Gasteiger partial charge on any atom is 0.411 e. The first-order valence-corrected chi connectivity index (χ1v) is 17.8. The summed E-state index contributed by atoms with van der Waals surface area (Å²) in [6.45, 7) is 2.70. The van der Waals surface area contributed by atoms with Crippen molar-refractivity contribution in [2.75, 3.05) is 19.0 Å². The zero-order valence-corrected chi connectivity index (χ0v) is 29.4. The van der Waals surface area contributed by atoms with Gasteiger partial charge in [0.2, 0.25) is 0 Å². The highest BCUT2D eigenvalue weighted by molar-refractivity contribution is 6.03. The van der Waals surface area contributed by atoms with Gasteiger partial charge in [0, 0.05) is 40.2 Å². The normalized spacial score (nSPS) is 15.3. The molecular weight excluding hydrogens is 658 g/mol. The Morgan fingerprint density at radius 2 is 1.69 bits per heavy atom. The summed E-state index contributed by atoms with van der Waals surface area (Å²) in [6, 6.07) is 27.8. The molecule has 4 aromatic carbocycles. The second-order valence-corrected chi connectivity index (χ2v) is 13.8. The van der Waals surface area contributed by atoms with Gasteiger partial charge in [0.1, 0.15) is 30.3 Å². The number of benzene rings is 4. The summed E-state index contributed by atoms with van der Waals surface area (Å²) in [4.78, 5) is 38.8. The fourth-order valence-electron chi connectivity index (χ4n) is 7.52. The molecule has 1 aromatic heterocycles. The van der Waals surface area contributed by atoms with Gasteiger partial charge < -0.3 is 29.2 Å². The Balaban J connectivity index is 1.12. The number of carboxylic acids is 1. The van der Waals surface area contributed by atoms with E-state index in [0.717, 1.165) is 52.1 Å². The molecule has 1 aliphatic heterocycles. The fraction of sp³-hybridized carbons (Fsp3) is 0.310. The van der Waals surface area contributed by atoms with Crippen LogP contribution in [0.3, 0.4) is 0 Å². The molecular formula is C42H43N3O7. The van der Waals surface area contributed by atoms with Crippen LogP contribution in [0.1, 0.15) is 72.0 Å². The number of amides is 2. The first kappa shape index (κ1) is 34.7. The highest BCUT2D eigenvalue weighted by Gasteiger charge is 2.36. The van der Waals surface area contributed by atoms with Gasteiger partial charge in [0.05, 0.1) is 19.3 Å². The summed E-state index contributed by atoms with van der Waals surface area (Å²) in [5.74, 6) is 0.261. The van der Waals surface area contributed by atoms with E-state index in [-0.39, 0.29) is 13.0 Å².